The molecule has 0 radical (unpaired) electrons. The van der Waals surface area contributed by atoms with Crippen LogP contribution in [-0.2, 0) is 27.9 Å². The number of carbonyl (C=O) groups excluding carboxylic acids is 3. The maximum absolute atomic E-state index is 12.5. The lowest BCUT2D eigenvalue weighted by Gasteiger charge is -2.46. The maximum atomic E-state index is 12.5. The molecule has 0 aliphatic heterocycles. The van der Waals surface area contributed by atoms with Crippen LogP contribution < -0.4 is 10.6 Å². The van der Waals surface area contributed by atoms with Gasteiger partial charge in [0.1, 0.15) is 19.8 Å². The van der Waals surface area contributed by atoms with Gasteiger partial charge in [-0.3, -0.25) is 0 Å². The van der Waals surface area contributed by atoms with Gasteiger partial charge in [0.25, 0.3) is 0 Å². The van der Waals surface area contributed by atoms with Crippen LogP contribution >= 0.6 is 0 Å². The van der Waals surface area contributed by atoms with E-state index in [2.05, 4.69) is 71.1 Å². The van der Waals surface area contributed by atoms with Crippen molar-refractivity contribution in [3.8, 4) is 0 Å². The summed E-state index contributed by atoms with van der Waals surface area (Å²) in [6.45, 7) is 24.5. The van der Waals surface area contributed by atoms with Crippen molar-refractivity contribution in [2.24, 2.45) is 10.8 Å². The molecule has 1 aliphatic rings. The van der Waals surface area contributed by atoms with Crippen LogP contribution in [0.1, 0.15) is 73.1 Å². The van der Waals surface area contributed by atoms with Crippen LogP contribution in [0.2, 0.25) is 38.3 Å². The maximum Gasteiger partial charge on any atom is 0.407 e. The van der Waals surface area contributed by atoms with Gasteiger partial charge < -0.3 is 33.7 Å². The van der Waals surface area contributed by atoms with Crippen molar-refractivity contribution in [3.05, 3.63) is 12.2 Å². The minimum absolute atomic E-state index is 0.0315. The van der Waals surface area contributed by atoms with Crippen molar-refractivity contribution >= 4 is 34.8 Å². The first-order valence-electron chi connectivity index (χ1n) is 15.8. The van der Waals surface area contributed by atoms with Gasteiger partial charge in [0, 0.05) is 24.8 Å². The predicted octanol–water partition coefficient (Wildman–Crippen LogP) is 6.78. The predicted molar refractivity (Wildman–Crippen MR) is 175 cm³/mol. The molecule has 2 atom stereocenters. The summed E-state index contributed by atoms with van der Waals surface area (Å²) in [7, 11) is -3.31. The van der Waals surface area contributed by atoms with Crippen molar-refractivity contribution < 1.29 is 37.4 Å². The van der Waals surface area contributed by atoms with Gasteiger partial charge in [-0.1, -0.05) is 47.1 Å². The summed E-state index contributed by atoms with van der Waals surface area (Å²) < 4.78 is 27.8. The molecule has 0 aromatic heterocycles. The Labute approximate surface area is 262 Å². The smallest absolute Gasteiger partial charge is 0.407 e. The minimum Gasteiger partial charge on any atom is -0.459 e. The SMILES string of the molecule is C=C(C)C(=O)OCCOC(=O)NCC1(C)CC(NC(=O)OCCOCCC[Si](C)(C)O[Si](C)(C)CCCC)CC(C)(C)C1. The molecule has 0 saturated heterocycles. The van der Waals surface area contributed by atoms with Gasteiger partial charge >= 0.3 is 18.2 Å². The number of unbranched alkanes of at least 4 members (excludes halogenated alkanes) is 1. The number of nitrogens with one attached hydrogen (secondary N) is 2. The number of carbonyl (C=O) groups is 3. The Morgan fingerprint density at radius 3 is 2.05 bits per heavy atom. The fourth-order valence-electron chi connectivity index (χ4n) is 6.16. The standard InChI is InChI=1S/C31H60N2O8Si2/c1-11-12-19-42(7,8)41-43(9,10)20-13-14-37-15-16-40-29(36)33-26-21-30(4,5)23-31(6,22-26)24-32-28(35)39-18-17-38-27(34)25(2)3/h26H,2,11-24H2,1,3-10H3,(H,32,35)(H,33,36). The normalized spacial score (nSPS) is 20.2. The van der Waals surface area contributed by atoms with Gasteiger partial charge in [0.05, 0.1) is 6.61 Å². The zero-order valence-electron chi connectivity index (χ0n) is 28.4. The molecule has 0 aromatic rings. The number of hydrogen-bond donors (Lipinski definition) is 2. The third-order valence-corrected chi connectivity index (χ3v) is 15.1. The van der Waals surface area contributed by atoms with Crippen LogP contribution in [0.5, 0.6) is 0 Å². The van der Waals surface area contributed by atoms with E-state index in [4.69, 9.17) is 23.1 Å². The Bertz CT molecular complexity index is 912. The highest BCUT2D eigenvalue weighted by atomic mass is 28.4. The second kappa shape index (κ2) is 18.2. The fourth-order valence-corrected chi connectivity index (χ4v) is 15.2. The van der Waals surface area contributed by atoms with E-state index in [9.17, 15) is 14.4 Å². The fraction of sp³-hybridized carbons (Fsp3) is 0.839. The largest absolute Gasteiger partial charge is 0.459 e. The molecular weight excluding hydrogens is 585 g/mol. The molecule has 12 heteroatoms. The van der Waals surface area contributed by atoms with Crippen molar-refractivity contribution in [3.63, 3.8) is 0 Å². The van der Waals surface area contributed by atoms with E-state index >= 15 is 0 Å². The number of rotatable bonds is 19. The first-order chi connectivity index (χ1) is 19.9. The summed E-state index contributed by atoms with van der Waals surface area (Å²) >= 11 is 0. The summed E-state index contributed by atoms with van der Waals surface area (Å²) in [5.74, 6) is -0.518. The van der Waals surface area contributed by atoms with Crippen LogP contribution in [0.25, 0.3) is 0 Å². The first-order valence-corrected chi connectivity index (χ1v) is 22.1. The number of ether oxygens (including phenoxy) is 4. The molecule has 2 amide bonds. The van der Waals surface area contributed by atoms with Crippen molar-refractivity contribution in [2.45, 2.75) is 117 Å². The topological polar surface area (TPSA) is 121 Å². The van der Waals surface area contributed by atoms with Crippen LogP contribution in [-0.4, -0.2) is 80.4 Å². The highest BCUT2D eigenvalue weighted by molar-refractivity contribution is 6.84. The quantitative estimate of drug-likeness (QED) is 0.0519. The Morgan fingerprint density at radius 1 is 0.837 bits per heavy atom. The molecule has 2 unspecified atom stereocenters. The van der Waals surface area contributed by atoms with Crippen LogP contribution in [0, 0.1) is 10.8 Å². The van der Waals surface area contributed by atoms with Gasteiger partial charge in [0.2, 0.25) is 0 Å². The summed E-state index contributed by atoms with van der Waals surface area (Å²) in [5, 5.41) is 5.83. The number of alkyl carbamates (subject to hydrolysis) is 2. The van der Waals surface area contributed by atoms with Crippen molar-refractivity contribution in [2.75, 3.05) is 39.6 Å². The lowest BCUT2D eigenvalue weighted by Crippen LogP contribution is -2.50. The molecule has 0 aromatic carbocycles. The Hall–Kier alpha value is -1.90. The average molecular weight is 645 g/mol. The van der Waals surface area contributed by atoms with Crippen LogP contribution in [0.4, 0.5) is 9.59 Å². The Kier molecular flexibility index (Phi) is 16.5. The lowest BCUT2D eigenvalue weighted by atomic mass is 9.62. The molecule has 10 nitrogen and oxygen atoms in total. The summed E-state index contributed by atoms with van der Waals surface area (Å²) in [5.41, 5.74) is 0.00617. The van der Waals surface area contributed by atoms with E-state index in [-0.39, 0.29) is 36.7 Å². The summed E-state index contributed by atoms with van der Waals surface area (Å²) in [6.07, 6.45) is 4.76. The van der Waals surface area contributed by atoms with Crippen molar-refractivity contribution in [1.29, 1.82) is 0 Å². The van der Waals surface area contributed by atoms with Gasteiger partial charge in [-0.25, -0.2) is 14.4 Å². The molecule has 0 heterocycles. The van der Waals surface area contributed by atoms with E-state index in [0.717, 1.165) is 25.3 Å². The second-order valence-corrected chi connectivity index (χ2v) is 23.2. The van der Waals surface area contributed by atoms with Gasteiger partial charge in [0.15, 0.2) is 16.6 Å². The number of hydrogen-bond acceptors (Lipinski definition) is 8. The van der Waals surface area contributed by atoms with E-state index in [1.54, 1.807) is 6.92 Å². The van der Waals surface area contributed by atoms with E-state index < -0.39 is 34.8 Å². The van der Waals surface area contributed by atoms with E-state index in [1.807, 2.05) is 0 Å². The molecule has 1 rings (SSSR count). The molecule has 250 valence electrons. The number of amides is 2. The highest BCUT2D eigenvalue weighted by Crippen LogP contribution is 2.45. The third kappa shape index (κ3) is 17.9. The molecular formula is C31H60N2O8Si2. The van der Waals surface area contributed by atoms with Gasteiger partial charge in [-0.15, -0.1) is 0 Å². The zero-order valence-corrected chi connectivity index (χ0v) is 30.4. The summed E-state index contributed by atoms with van der Waals surface area (Å²) in [4.78, 5) is 36.1. The molecule has 43 heavy (non-hydrogen) atoms. The monoisotopic (exact) mass is 644 g/mol. The second-order valence-electron chi connectivity index (χ2n) is 14.4. The zero-order chi connectivity index (χ0) is 32.7. The molecule has 1 fully saturated rings. The molecule has 0 spiro atoms. The average Bonchev–Trinajstić information content (AvgIpc) is 2.86. The highest BCUT2D eigenvalue weighted by Gasteiger charge is 2.42. The van der Waals surface area contributed by atoms with Crippen molar-refractivity contribution in [1.82, 2.24) is 10.6 Å². The van der Waals surface area contributed by atoms with Crippen LogP contribution in [0.15, 0.2) is 12.2 Å². The van der Waals surface area contributed by atoms with Gasteiger partial charge in [-0.2, -0.15) is 0 Å². The Morgan fingerprint density at radius 2 is 1.42 bits per heavy atom. The summed E-state index contributed by atoms with van der Waals surface area (Å²) in [6, 6.07) is 2.19. The molecule has 2 N–H and O–H groups in total. The Balaban J connectivity index is 2.34. The minimum atomic E-state index is -1.71. The van der Waals surface area contributed by atoms with E-state index in [1.165, 1.54) is 18.9 Å². The lowest BCUT2D eigenvalue weighted by molar-refractivity contribution is -0.139. The molecule has 1 aliphatic carbocycles. The molecule has 0 bridgehead atoms. The first kappa shape index (κ1) is 39.1. The van der Waals surface area contributed by atoms with Crippen LogP contribution in [0.3, 0.4) is 0 Å². The molecule has 1 saturated carbocycles. The van der Waals surface area contributed by atoms with Gasteiger partial charge in [-0.05, 0) is 81.7 Å². The third-order valence-electron chi connectivity index (χ3n) is 7.54. The van der Waals surface area contributed by atoms with E-state index in [0.29, 0.717) is 31.8 Å². The number of esters is 1.